The van der Waals surface area contributed by atoms with Crippen LogP contribution in [0.2, 0.25) is 0 Å². The van der Waals surface area contributed by atoms with Gasteiger partial charge in [0.2, 0.25) is 0 Å². The minimum atomic E-state index is -0.180. The van der Waals surface area contributed by atoms with E-state index >= 15 is 0 Å². The molecule has 0 aliphatic carbocycles. The van der Waals surface area contributed by atoms with Gasteiger partial charge in [-0.05, 0) is 25.5 Å². The van der Waals surface area contributed by atoms with Gasteiger partial charge in [0, 0.05) is 30.1 Å². The van der Waals surface area contributed by atoms with Gasteiger partial charge in [0.15, 0.2) is 11.5 Å². The number of piperidine rings is 1. The van der Waals surface area contributed by atoms with Crippen LogP contribution in [0.15, 0.2) is 29.6 Å². The number of amides is 1. The second-order valence-electron chi connectivity index (χ2n) is 6.59. The topological polar surface area (TPSA) is 50.8 Å². The summed E-state index contributed by atoms with van der Waals surface area (Å²) >= 11 is 1.34. The number of thiophene rings is 1. The van der Waals surface area contributed by atoms with Crippen LogP contribution in [0, 0.1) is 5.82 Å². The predicted molar refractivity (Wildman–Crippen MR) is 97.5 cm³/mol. The Kier molecular flexibility index (Phi) is 5.08. The molecule has 138 valence electrons. The zero-order chi connectivity index (χ0) is 17.9. The minimum absolute atomic E-state index is 0.0466. The van der Waals surface area contributed by atoms with Crippen LogP contribution < -0.4 is 14.8 Å². The molecule has 5 nitrogen and oxygen atoms in total. The fourth-order valence-corrected chi connectivity index (χ4v) is 4.29. The number of likely N-dealkylation sites (tertiary alicyclic amines) is 1. The van der Waals surface area contributed by atoms with Gasteiger partial charge in [0.1, 0.15) is 23.9 Å². The first-order valence-electron chi connectivity index (χ1n) is 8.84. The van der Waals surface area contributed by atoms with Gasteiger partial charge in [0.25, 0.3) is 5.91 Å². The molecule has 0 saturated carbocycles. The average Bonchev–Trinajstić information content (AvgIpc) is 3.08. The number of carbonyl (C=O) groups excluding carboxylic acids is 1. The van der Waals surface area contributed by atoms with E-state index in [1.807, 2.05) is 17.5 Å². The Balaban J connectivity index is 1.38. The number of halogens is 1. The minimum Gasteiger partial charge on any atom is -0.485 e. The lowest BCUT2D eigenvalue weighted by Crippen LogP contribution is -2.47. The third kappa shape index (κ3) is 3.68. The van der Waals surface area contributed by atoms with Crippen molar-refractivity contribution in [3.05, 3.63) is 45.9 Å². The maximum Gasteiger partial charge on any atom is 0.265 e. The molecule has 2 aliphatic rings. The molecule has 1 aromatic heterocycles. The Labute approximate surface area is 155 Å². The summed E-state index contributed by atoms with van der Waals surface area (Å²) in [6, 6.07) is 6.90. The van der Waals surface area contributed by atoms with E-state index in [-0.39, 0.29) is 17.8 Å². The van der Waals surface area contributed by atoms with Crippen LogP contribution >= 0.6 is 11.3 Å². The third-order valence-electron chi connectivity index (χ3n) is 4.70. The van der Waals surface area contributed by atoms with Gasteiger partial charge in [0.05, 0.1) is 0 Å². The molecule has 1 fully saturated rings. The van der Waals surface area contributed by atoms with Crippen molar-refractivity contribution in [1.82, 2.24) is 10.2 Å². The molecule has 1 unspecified atom stereocenters. The molecule has 1 saturated heterocycles. The second kappa shape index (κ2) is 7.63. The number of ether oxygens (including phenoxy) is 2. The van der Waals surface area contributed by atoms with Crippen LogP contribution in [0.3, 0.4) is 0 Å². The van der Waals surface area contributed by atoms with Crippen LogP contribution in [0.1, 0.15) is 28.1 Å². The summed E-state index contributed by atoms with van der Waals surface area (Å²) in [4.78, 5) is 15.4. The number of nitrogens with one attached hydrogen (secondary N) is 1. The molecule has 1 aromatic carbocycles. The fourth-order valence-electron chi connectivity index (χ4n) is 3.46. The van der Waals surface area contributed by atoms with Gasteiger partial charge in [-0.1, -0.05) is 18.2 Å². The summed E-state index contributed by atoms with van der Waals surface area (Å²) in [5, 5.41) is 4.92. The number of nitrogens with zero attached hydrogens (tertiary/aromatic N) is 1. The maximum atomic E-state index is 13.9. The molecule has 1 atom stereocenters. The smallest absolute Gasteiger partial charge is 0.265 e. The molecule has 0 radical (unpaired) electrons. The van der Waals surface area contributed by atoms with E-state index in [2.05, 4.69) is 10.2 Å². The molecule has 4 rings (SSSR count). The van der Waals surface area contributed by atoms with Gasteiger partial charge < -0.3 is 14.8 Å². The van der Waals surface area contributed by atoms with Crippen LogP contribution in [-0.4, -0.2) is 43.2 Å². The molecule has 7 heteroatoms. The highest BCUT2D eigenvalue weighted by molar-refractivity contribution is 7.12. The van der Waals surface area contributed by atoms with Crippen molar-refractivity contribution in [2.24, 2.45) is 0 Å². The number of carbonyl (C=O) groups is 1. The zero-order valence-corrected chi connectivity index (χ0v) is 15.2. The molecule has 0 bridgehead atoms. The van der Waals surface area contributed by atoms with Crippen LogP contribution in [-0.2, 0) is 6.54 Å². The average molecular weight is 376 g/mol. The first-order chi connectivity index (χ1) is 12.7. The number of fused-ring (bicyclic) bond motifs is 1. The van der Waals surface area contributed by atoms with Crippen molar-refractivity contribution in [3.63, 3.8) is 0 Å². The Hall–Kier alpha value is -2.12. The van der Waals surface area contributed by atoms with Crippen LogP contribution in [0.4, 0.5) is 4.39 Å². The lowest BCUT2D eigenvalue weighted by atomic mass is 10.0. The highest BCUT2D eigenvalue weighted by Gasteiger charge is 2.27. The van der Waals surface area contributed by atoms with Crippen molar-refractivity contribution in [1.29, 1.82) is 0 Å². The molecule has 3 heterocycles. The van der Waals surface area contributed by atoms with Crippen LogP contribution in [0.25, 0.3) is 0 Å². The Morgan fingerprint density at radius 1 is 1.31 bits per heavy atom. The van der Waals surface area contributed by atoms with E-state index in [1.165, 1.54) is 17.4 Å². The Morgan fingerprint density at radius 3 is 3.04 bits per heavy atom. The van der Waals surface area contributed by atoms with E-state index in [0.717, 1.165) is 19.4 Å². The first kappa shape index (κ1) is 17.3. The number of benzene rings is 1. The molecular formula is C19H21FN2O3S. The first-order valence-corrected chi connectivity index (χ1v) is 9.72. The van der Waals surface area contributed by atoms with Crippen molar-refractivity contribution in [2.45, 2.75) is 25.4 Å². The number of hydrogen-bond acceptors (Lipinski definition) is 5. The van der Waals surface area contributed by atoms with Crippen LogP contribution in [0.5, 0.6) is 11.5 Å². The van der Waals surface area contributed by atoms with Gasteiger partial charge in [-0.2, -0.15) is 0 Å². The maximum absolute atomic E-state index is 13.9. The fraction of sp³-hybridized carbons (Fsp3) is 0.421. The van der Waals surface area contributed by atoms with E-state index in [9.17, 15) is 9.18 Å². The summed E-state index contributed by atoms with van der Waals surface area (Å²) in [6.07, 6.45) is 1.89. The third-order valence-corrected chi connectivity index (χ3v) is 5.64. The highest BCUT2D eigenvalue weighted by atomic mass is 32.1. The summed E-state index contributed by atoms with van der Waals surface area (Å²) in [7, 11) is 0. The summed E-state index contributed by atoms with van der Waals surface area (Å²) in [5.74, 6) is 0.898. The standard InChI is InChI=1S/C19H21FN2O3S/c20-15-6-2-1-4-13(15)10-22-7-3-5-14(11-22)21-19(23)18-17-16(12-26-18)24-8-9-25-17/h1-2,4,6,12,14H,3,5,7-11H2,(H,21,23). The quantitative estimate of drug-likeness (QED) is 0.891. The molecule has 2 aromatic rings. The van der Waals surface area contributed by atoms with Crippen molar-refractivity contribution in [2.75, 3.05) is 26.3 Å². The summed E-state index contributed by atoms with van der Waals surface area (Å²) in [6.45, 7) is 3.16. The Morgan fingerprint density at radius 2 is 2.15 bits per heavy atom. The van der Waals surface area contributed by atoms with Gasteiger partial charge in [-0.25, -0.2) is 4.39 Å². The Bertz CT molecular complexity index is 795. The van der Waals surface area contributed by atoms with Crippen molar-refractivity contribution in [3.8, 4) is 11.5 Å². The number of hydrogen-bond donors (Lipinski definition) is 1. The van der Waals surface area contributed by atoms with E-state index in [0.29, 0.717) is 48.2 Å². The monoisotopic (exact) mass is 376 g/mol. The molecule has 26 heavy (non-hydrogen) atoms. The van der Waals surface area contributed by atoms with Gasteiger partial charge in [-0.3, -0.25) is 9.69 Å². The van der Waals surface area contributed by atoms with Gasteiger partial charge >= 0.3 is 0 Å². The molecule has 2 aliphatic heterocycles. The van der Waals surface area contributed by atoms with E-state index < -0.39 is 0 Å². The SMILES string of the molecule is O=C(NC1CCCN(Cc2ccccc2F)C1)c1scc2c1OCCO2. The lowest BCUT2D eigenvalue weighted by Gasteiger charge is -2.33. The number of rotatable bonds is 4. The van der Waals surface area contributed by atoms with E-state index in [4.69, 9.17) is 9.47 Å². The predicted octanol–water partition coefficient (Wildman–Crippen LogP) is 3.05. The largest absolute Gasteiger partial charge is 0.485 e. The van der Waals surface area contributed by atoms with E-state index in [1.54, 1.807) is 6.07 Å². The second-order valence-corrected chi connectivity index (χ2v) is 7.47. The van der Waals surface area contributed by atoms with Gasteiger partial charge in [-0.15, -0.1) is 11.3 Å². The zero-order valence-electron chi connectivity index (χ0n) is 14.4. The van der Waals surface area contributed by atoms with Crippen molar-refractivity contribution < 1.29 is 18.7 Å². The molecular weight excluding hydrogens is 355 g/mol. The summed E-state index contributed by atoms with van der Waals surface area (Å²) in [5.41, 5.74) is 0.692. The highest BCUT2D eigenvalue weighted by Crippen LogP contribution is 2.39. The van der Waals surface area contributed by atoms with Crippen molar-refractivity contribution >= 4 is 17.2 Å². The summed E-state index contributed by atoms with van der Waals surface area (Å²) < 4.78 is 25.0. The molecule has 1 N–H and O–H groups in total. The molecule has 0 spiro atoms. The lowest BCUT2D eigenvalue weighted by molar-refractivity contribution is 0.0895. The normalized spacial score (nSPS) is 20.0. The molecule has 1 amide bonds.